The summed E-state index contributed by atoms with van der Waals surface area (Å²) in [5.41, 5.74) is 3.56. The van der Waals surface area contributed by atoms with Gasteiger partial charge < -0.3 is 10.6 Å². The Balaban J connectivity index is 0.00000341. The van der Waals surface area contributed by atoms with Crippen molar-refractivity contribution in [2.45, 2.75) is 44.0 Å². The van der Waals surface area contributed by atoms with Gasteiger partial charge in [0, 0.05) is 33.2 Å². The van der Waals surface area contributed by atoms with Gasteiger partial charge in [0.1, 0.15) is 0 Å². The van der Waals surface area contributed by atoms with Crippen LogP contribution in [-0.2, 0) is 16.6 Å². The quantitative estimate of drug-likeness (QED) is 0.309. The number of aliphatic imine (C=N–C) groups is 1. The Morgan fingerprint density at radius 2 is 1.77 bits per heavy atom. The zero-order valence-electron chi connectivity index (χ0n) is 18.5. The molecule has 1 atom stereocenters. The number of hydrogen-bond acceptors (Lipinski definition) is 3. The number of nitrogens with zero attached hydrogens (tertiary/aromatic N) is 2. The number of hydrogen-bond donors (Lipinski definition) is 2. The molecule has 0 radical (unpaired) electrons. The third-order valence-electron chi connectivity index (χ3n) is 5.50. The summed E-state index contributed by atoms with van der Waals surface area (Å²) >= 11 is 0. The average Bonchev–Trinajstić information content (AvgIpc) is 3.30. The molecule has 1 aliphatic rings. The van der Waals surface area contributed by atoms with Crippen LogP contribution in [-0.4, -0.2) is 45.4 Å². The van der Waals surface area contributed by atoms with Crippen LogP contribution < -0.4 is 10.6 Å². The molecule has 0 bridgehead atoms. The van der Waals surface area contributed by atoms with Crippen molar-refractivity contribution < 1.29 is 8.42 Å². The fourth-order valence-electron chi connectivity index (χ4n) is 3.61. The van der Waals surface area contributed by atoms with Crippen LogP contribution >= 0.6 is 24.0 Å². The number of rotatable bonds is 7. The second-order valence-corrected chi connectivity index (χ2v) is 9.81. The molecule has 2 aromatic rings. The van der Waals surface area contributed by atoms with E-state index in [0.717, 1.165) is 30.9 Å². The van der Waals surface area contributed by atoms with Gasteiger partial charge in [0.05, 0.1) is 4.90 Å². The van der Waals surface area contributed by atoms with Crippen molar-refractivity contribution in [3.8, 4) is 0 Å². The Kier molecular flexibility index (Phi) is 9.77. The first-order valence-electron chi connectivity index (χ1n) is 10.5. The van der Waals surface area contributed by atoms with E-state index >= 15 is 0 Å². The number of nitrogens with one attached hydrogen (secondary N) is 2. The lowest BCUT2D eigenvalue weighted by molar-refractivity contribution is 0.477. The zero-order valence-corrected chi connectivity index (χ0v) is 21.6. The largest absolute Gasteiger partial charge is 0.356 e. The molecule has 1 fully saturated rings. The van der Waals surface area contributed by atoms with E-state index < -0.39 is 10.0 Å². The number of halogens is 1. The summed E-state index contributed by atoms with van der Waals surface area (Å²) in [7, 11) is -1.61. The SMILES string of the molecule is CN=C(NCc1ccc(S(=O)(=O)N2CCCC2)cc1)NCC(C)c1cccc(C)c1.I. The Morgan fingerprint density at radius 1 is 1.10 bits per heavy atom. The second kappa shape index (κ2) is 11.8. The number of benzene rings is 2. The predicted molar refractivity (Wildman–Crippen MR) is 138 cm³/mol. The van der Waals surface area contributed by atoms with Crippen LogP contribution in [0.15, 0.2) is 58.4 Å². The Morgan fingerprint density at radius 3 is 2.39 bits per heavy atom. The molecule has 0 saturated carbocycles. The lowest BCUT2D eigenvalue weighted by Crippen LogP contribution is -2.38. The molecule has 0 spiro atoms. The molecule has 2 N–H and O–H groups in total. The standard InChI is InChI=1S/C23H32N4O2S.HI/c1-18-7-6-8-21(15-18)19(2)16-25-23(24-3)26-17-20-9-11-22(12-10-20)30(28,29)27-13-4-5-14-27;/h6-12,15,19H,4-5,13-14,16-17H2,1-3H3,(H2,24,25,26);1H. The maximum absolute atomic E-state index is 12.6. The normalized spacial score (nSPS) is 15.9. The van der Waals surface area contributed by atoms with Crippen LogP contribution in [0, 0.1) is 6.92 Å². The van der Waals surface area contributed by atoms with Crippen LogP contribution in [0.5, 0.6) is 0 Å². The highest BCUT2D eigenvalue weighted by molar-refractivity contribution is 14.0. The lowest BCUT2D eigenvalue weighted by Gasteiger charge is -2.17. The van der Waals surface area contributed by atoms with Crippen molar-refractivity contribution in [3.63, 3.8) is 0 Å². The van der Waals surface area contributed by atoms with E-state index in [9.17, 15) is 8.42 Å². The third-order valence-corrected chi connectivity index (χ3v) is 7.41. The van der Waals surface area contributed by atoms with Crippen LogP contribution in [0.4, 0.5) is 0 Å². The van der Waals surface area contributed by atoms with Gasteiger partial charge >= 0.3 is 0 Å². The molecule has 0 aliphatic carbocycles. The second-order valence-electron chi connectivity index (χ2n) is 7.88. The van der Waals surface area contributed by atoms with Crippen LogP contribution in [0.25, 0.3) is 0 Å². The summed E-state index contributed by atoms with van der Waals surface area (Å²) < 4.78 is 26.8. The van der Waals surface area contributed by atoms with Crippen molar-refractivity contribution in [3.05, 3.63) is 65.2 Å². The monoisotopic (exact) mass is 556 g/mol. The molecule has 1 heterocycles. The number of sulfonamides is 1. The molecule has 1 unspecified atom stereocenters. The molecule has 31 heavy (non-hydrogen) atoms. The van der Waals surface area contributed by atoms with Gasteiger partial charge in [-0.25, -0.2) is 8.42 Å². The minimum absolute atomic E-state index is 0. The minimum Gasteiger partial charge on any atom is -0.356 e. The van der Waals surface area contributed by atoms with Gasteiger partial charge in [-0.05, 0) is 48.9 Å². The minimum atomic E-state index is -3.36. The van der Waals surface area contributed by atoms with Gasteiger partial charge in [0.25, 0.3) is 0 Å². The molecule has 8 heteroatoms. The maximum atomic E-state index is 12.6. The average molecular weight is 557 g/mol. The zero-order chi connectivity index (χ0) is 21.6. The topological polar surface area (TPSA) is 73.8 Å². The van der Waals surface area contributed by atoms with Crippen LogP contribution in [0.3, 0.4) is 0 Å². The van der Waals surface area contributed by atoms with Crippen molar-refractivity contribution in [1.29, 1.82) is 0 Å². The van der Waals surface area contributed by atoms with Gasteiger partial charge in [0.15, 0.2) is 5.96 Å². The first-order valence-corrected chi connectivity index (χ1v) is 11.9. The van der Waals surface area contributed by atoms with Crippen LogP contribution in [0.1, 0.15) is 42.4 Å². The summed E-state index contributed by atoms with van der Waals surface area (Å²) in [6.07, 6.45) is 1.88. The molecular formula is C23H33IN4O2S. The van der Waals surface area contributed by atoms with E-state index in [1.807, 2.05) is 12.1 Å². The summed E-state index contributed by atoms with van der Waals surface area (Å²) in [5.74, 6) is 1.08. The smallest absolute Gasteiger partial charge is 0.243 e. The molecule has 3 rings (SSSR count). The fraction of sp³-hybridized carbons (Fsp3) is 0.435. The van der Waals surface area contributed by atoms with Crippen molar-refractivity contribution >= 4 is 40.0 Å². The Bertz CT molecular complexity index is 971. The highest BCUT2D eigenvalue weighted by Gasteiger charge is 2.26. The maximum Gasteiger partial charge on any atom is 0.243 e. The number of aryl methyl sites for hydroxylation is 1. The number of guanidine groups is 1. The first-order chi connectivity index (χ1) is 14.4. The van der Waals surface area contributed by atoms with E-state index in [1.165, 1.54) is 11.1 Å². The van der Waals surface area contributed by atoms with Gasteiger partial charge in [-0.15, -0.1) is 24.0 Å². The van der Waals surface area contributed by atoms with Crippen molar-refractivity contribution in [2.75, 3.05) is 26.7 Å². The Hall–Kier alpha value is -1.65. The highest BCUT2D eigenvalue weighted by atomic mass is 127. The predicted octanol–water partition coefficient (Wildman–Crippen LogP) is 3.87. The molecular weight excluding hydrogens is 523 g/mol. The molecule has 0 aromatic heterocycles. The van der Waals surface area contributed by atoms with Gasteiger partial charge in [-0.1, -0.05) is 48.9 Å². The van der Waals surface area contributed by atoms with E-state index in [-0.39, 0.29) is 24.0 Å². The summed E-state index contributed by atoms with van der Waals surface area (Å²) in [5, 5.41) is 6.66. The summed E-state index contributed by atoms with van der Waals surface area (Å²) in [4.78, 5) is 4.65. The third kappa shape index (κ3) is 6.92. The lowest BCUT2D eigenvalue weighted by atomic mass is 9.99. The molecule has 1 aliphatic heterocycles. The Labute approximate surface area is 203 Å². The summed E-state index contributed by atoms with van der Waals surface area (Å²) in [6, 6.07) is 15.7. The molecule has 6 nitrogen and oxygen atoms in total. The van der Waals surface area contributed by atoms with E-state index in [4.69, 9.17) is 0 Å². The molecule has 170 valence electrons. The van der Waals surface area contributed by atoms with Crippen LogP contribution in [0.2, 0.25) is 0 Å². The first kappa shape index (κ1) is 25.6. The summed E-state index contributed by atoms with van der Waals surface area (Å²) in [6.45, 7) is 6.88. The van der Waals surface area contributed by atoms with Gasteiger partial charge in [-0.2, -0.15) is 4.31 Å². The highest BCUT2D eigenvalue weighted by Crippen LogP contribution is 2.21. The van der Waals surface area contributed by atoms with E-state index in [1.54, 1.807) is 23.5 Å². The van der Waals surface area contributed by atoms with Gasteiger partial charge in [-0.3, -0.25) is 4.99 Å². The van der Waals surface area contributed by atoms with Crippen molar-refractivity contribution in [2.24, 2.45) is 4.99 Å². The molecule has 0 amide bonds. The van der Waals surface area contributed by atoms with Crippen molar-refractivity contribution in [1.82, 2.24) is 14.9 Å². The molecule has 1 saturated heterocycles. The molecule has 2 aromatic carbocycles. The van der Waals surface area contributed by atoms with E-state index in [0.29, 0.717) is 30.4 Å². The van der Waals surface area contributed by atoms with Gasteiger partial charge in [0.2, 0.25) is 10.0 Å². The fourth-order valence-corrected chi connectivity index (χ4v) is 5.12. The van der Waals surface area contributed by atoms with E-state index in [2.05, 4.69) is 53.7 Å².